The lowest BCUT2D eigenvalue weighted by Crippen LogP contribution is -2.60. The average molecular weight is 798 g/mol. The molecule has 2 amide bonds. The van der Waals surface area contributed by atoms with Gasteiger partial charge in [-0.05, 0) is 80.6 Å². The molecule has 0 aromatic heterocycles. The first-order valence-electron chi connectivity index (χ1n) is 18.6. The van der Waals surface area contributed by atoms with Gasteiger partial charge in [0.05, 0.1) is 13.2 Å². The van der Waals surface area contributed by atoms with Gasteiger partial charge < -0.3 is 86.0 Å². The van der Waals surface area contributed by atoms with Gasteiger partial charge in [0.25, 0.3) is 0 Å². The molecule has 19 heteroatoms. The van der Waals surface area contributed by atoms with E-state index < -0.39 is 74.6 Å². The fourth-order valence-electron chi connectivity index (χ4n) is 6.07. The number of ether oxygens (including phenoxy) is 4. The molecule has 0 spiro atoms. The van der Waals surface area contributed by atoms with Gasteiger partial charge in [-0.15, -0.1) is 0 Å². The van der Waals surface area contributed by atoms with Crippen molar-refractivity contribution in [3.05, 3.63) is 47.5 Å². The summed E-state index contributed by atoms with van der Waals surface area (Å²) in [6.07, 6.45) is -11.5. The van der Waals surface area contributed by atoms with Crippen molar-refractivity contribution in [3.8, 4) is 23.0 Å². The normalized spacial score (nSPS) is 27.7. The summed E-state index contributed by atoms with van der Waals surface area (Å²) < 4.78 is 21.6. The zero-order chi connectivity index (χ0) is 40.8. The number of phenols is 2. The summed E-state index contributed by atoms with van der Waals surface area (Å²) in [4.78, 5) is 24.7. The summed E-state index contributed by atoms with van der Waals surface area (Å²) in [7, 11) is 0. The van der Waals surface area contributed by atoms with Crippen LogP contribution in [0.4, 0.5) is 0 Å². The molecule has 13 N–H and O–H groups in total. The number of hydrogen-bond acceptors (Lipinski definition) is 17. The second-order valence-electron chi connectivity index (χ2n) is 13.7. The minimum atomic E-state index is -1.64. The second kappa shape index (κ2) is 22.2. The van der Waals surface area contributed by atoms with Crippen molar-refractivity contribution in [1.29, 1.82) is 0 Å². The van der Waals surface area contributed by atoms with Crippen molar-refractivity contribution in [1.82, 2.24) is 16.0 Å². The van der Waals surface area contributed by atoms with E-state index in [0.717, 1.165) is 19.4 Å². The monoisotopic (exact) mass is 797 g/mol. The maximum absolute atomic E-state index is 12.4. The van der Waals surface area contributed by atoms with Crippen LogP contribution in [-0.2, 0) is 31.9 Å². The van der Waals surface area contributed by atoms with Gasteiger partial charge in [-0.2, -0.15) is 0 Å². The van der Waals surface area contributed by atoms with Crippen LogP contribution in [0.1, 0.15) is 43.2 Å². The molecule has 19 nitrogen and oxygen atoms in total. The van der Waals surface area contributed by atoms with Crippen LogP contribution in [0, 0.1) is 0 Å². The molecule has 0 radical (unpaired) electrons. The Morgan fingerprint density at radius 2 is 1.05 bits per heavy atom. The lowest BCUT2D eigenvalue weighted by molar-refractivity contribution is -0.277. The molecular weight excluding hydrogens is 742 g/mol. The number of benzene rings is 2. The van der Waals surface area contributed by atoms with Crippen LogP contribution in [0.3, 0.4) is 0 Å². The summed E-state index contributed by atoms with van der Waals surface area (Å²) in [6, 6.07) is 8.92. The Labute approximate surface area is 323 Å². The smallest absolute Gasteiger partial charge is 0.229 e. The maximum Gasteiger partial charge on any atom is 0.229 e. The van der Waals surface area contributed by atoms with Crippen molar-refractivity contribution in [2.45, 2.75) is 106 Å². The Balaban J connectivity index is 1.02. The number of hydrogen-bond donors (Lipinski definition) is 13. The Bertz CT molecular complexity index is 1530. The van der Waals surface area contributed by atoms with Crippen molar-refractivity contribution < 1.29 is 79.6 Å². The number of carbonyl (C=O) groups excluding carboxylic acids is 2. The topological polar surface area (TPSA) is 309 Å². The average Bonchev–Trinajstić information content (AvgIpc) is 3.19. The molecule has 2 aromatic carbocycles. The van der Waals surface area contributed by atoms with Gasteiger partial charge in [-0.25, -0.2) is 0 Å². The fourth-order valence-corrected chi connectivity index (χ4v) is 6.07. The molecule has 0 unspecified atom stereocenters. The number of aromatic hydroxyl groups is 2. The van der Waals surface area contributed by atoms with Crippen LogP contribution in [0.15, 0.2) is 36.4 Å². The fraction of sp³-hybridized carbons (Fsp3) is 0.622. The largest absolute Gasteiger partial charge is 0.504 e. The molecule has 2 aliphatic heterocycles. The van der Waals surface area contributed by atoms with E-state index in [-0.39, 0.29) is 47.7 Å². The maximum atomic E-state index is 12.4. The molecule has 2 heterocycles. The molecule has 10 atom stereocenters. The first kappa shape index (κ1) is 44.8. The van der Waals surface area contributed by atoms with Crippen molar-refractivity contribution in [2.75, 3.05) is 39.4 Å². The van der Waals surface area contributed by atoms with E-state index in [2.05, 4.69) is 16.0 Å². The van der Waals surface area contributed by atoms with E-state index in [1.54, 1.807) is 12.1 Å². The van der Waals surface area contributed by atoms with Gasteiger partial charge in [0, 0.05) is 25.9 Å². The third kappa shape index (κ3) is 12.8. The third-order valence-corrected chi connectivity index (χ3v) is 9.47. The van der Waals surface area contributed by atoms with Gasteiger partial charge >= 0.3 is 0 Å². The van der Waals surface area contributed by atoms with Crippen LogP contribution in [0.2, 0.25) is 0 Å². The number of aryl methyl sites for hydroxylation is 2. The molecule has 314 valence electrons. The van der Waals surface area contributed by atoms with Gasteiger partial charge in [-0.1, -0.05) is 12.1 Å². The minimum absolute atomic E-state index is 0.0506. The molecular formula is C37H55N3O16. The van der Waals surface area contributed by atoms with Crippen molar-refractivity contribution in [3.63, 3.8) is 0 Å². The molecule has 2 saturated heterocycles. The summed E-state index contributed by atoms with van der Waals surface area (Å²) >= 11 is 0. The SMILES string of the molecule is O=C(CCc1ccc(O)c(O[C@@H]2O[C@H](CO)[C@@H](O)[C@H](O)[C@H]2O)c1)NCCCCNCCCNC(=O)CCc1ccc(O[C@@H]2O[C@H](CO)[C@@H](O)[C@H](O)[C@H]2O)c(O)c1. The van der Waals surface area contributed by atoms with E-state index in [9.17, 15) is 60.7 Å². The molecule has 4 rings (SSSR count). The summed E-state index contributed by atoms with van der Waals surface area (Å²) in [5.74, 6) is -0.969. The highest BCUT2D eigenvalue weighted by Crippen LogP contribution is 2.33. The molecule has 2 aliphatic rings. The highest BCUT2D eigenvalue weighted by atomic mass is 16.7. The van der Waals surface area contributed by atoms with Crippen LogP contribution in [0.5, 0.6) is 23.0 Å². The predicted octanol–water partition coefficient (Wildman–Crippen LogP) is -2.99. The highest BCUT2D eigenvalue weighted by Gasteiger charge is 2.46. The molecule has 0 saturated carbocycles. The number of aliphatic hydroxyl groups is 8. The minimum Gasteiger partial charge on any atom is -0.504 e. The van der Waals surface area contributed by atoms with Gasteiger partial charge in [-0.3, -0.25) is 9.59 Å². The van der Waals surface area contributed by atoms with E-state index in [0.29, 0.717) is 50.0 Å². The Kier molecular flexibility index (Phi) is 17.8. The Hall–Kier alpha value is -3.86. The first-order chi connectivity index (χ1) is 26.8. The zero-order valence-electron chi connectivity index (χ0n) is 30.9. The van der Waals surface area contributed by atoms with Crippen LogP contribution < -0.4 is 25.4 Å². The molecule has 2 aromatic rings. The second-order valence-corrected chi connectivity index (χ2v) is 13.7. The van der Waals surface area contributed by atoms with Gasteiger partial charge in [0.15, 0.2) is 23.0 Å². The standard InChI is InChI=1S/C37H55N3O16/c41-18-26-30(47)32(49)34(51)36(55-26)53-24-9-5-20(16-23(24)44)6-10-29(46)40-15-3-13-38-12-1-2-14-39-28(45)11-7-21-4-8-22(43)25(17-21)54-37-35(52)33(50)31(48)27(19-42)56-37/h4-5,8-9,16-17,26-27,30-38,41-44,47-52H,1-3,6-7,10-15,18-19H2,(H,39,45)(H,40,46)/t26-,27-,30-,31-,32+,33+,34-,35-,36-,37-/m1/s1. The summed E-state index contributed by atoms with van der Waals surface area (Å²) in [5.41, 5.74) is 1.32. The Morgan fingerprint density at radius 1 is 0.571 bits per heavy atom. The summed E-state index contributed by atoms with van der Waals surface area (Å²) in [5, 5.41) is 108. The third-order valence-electron chi connectivity index (χ3n) is 9.47. The lowest BCUT2D eigenvalue weighted by atomic mass is 9.99. The first-order valence-corrected chi connectivity index (χ1v) is 18.6. The van der Waals surface area contributed by atoms with E-state index in [1.807, 2.05) is 0 Å². The number of carbonyl (C=O) groups is 2. The van der Waals surface area contributed by atoms with Crippen LogP contribution >= 0.6 is 0 Å². The quantitative estimate of drug-likeness (QED) is 0.0561. The highest BCUT2D eigenvalue weighted by molar-refractivity contribution is 5.76. The molecule has 0 bridgehead atoms. The Morgan fingerprint density at radius 3 is 1.61 bits per heavy atom. The van der Waals surface area contributed by atoms with Crippen LogP contribution in [-0.4, -0.2) is 164 Å². The van der Waals surface area contributed by atoms with E-state index in [4.69, 9.17) is 18.9 Å². The number of phenolic OH excluding ortho intramolecular Hbond substituents is 2. The van der Waals surface area contributed by atoms with Crippen molar-refractivity contribution in [2.24, 2.45) is 0 Å². The number of unbranched alkanes of at least 4 members (excludes halogenated alkanes) is 1. The van der Waals surface area contributed by atoms with Gasteiger partial charge in [0.1, 0.15) is 48.8 Å². The predicted molar refractivity (Wildman–Crippen MR) is 194 cm³/mol. The summed E-state index contributed by atoms with van der Waals surface area (Å²) in [6.45, 7) is 1.14. The van der Waals surface area contributed by atoms with Crippen molar-refractivity contribution >= 4 is 11.8 Å². The number of aliphatic hydroxyl groups excluding tert-OH is 8. The van der Waals surface area contributed by atoms with Crippen LogP contribution in [0.25, 0.3) is 0 Å². The number of rotatable bonds is 21. The van der Waals surface area contributed by atoms with E-state index >= 15 is 0 Å². The molecule has 2 fully saturated rings. The lowest BCUT2D eigenvalue weighted by Gasteiger charge is -2.39. The number of nitrogens with one attached hydrogen (secondary N) is 3. The molecule has 56 heavy (non-hydrogen) atoms. The molecule has 0 aliphatic carbocycles. The number of amides is 2. The van der Waals surface area contributed by atoms with Gasteiger partial charge in [0.2, 0.25) is 24.4 Å². The zero-order valence-corrected chi connectivity index (χ0v) is 30.9. The van der Waals surface area contributed by atoms with E-state index in [1.165, 1.54) is 24.3 Å².